The van der Waals surface area contributed by atoms with Crippen molar-refractivity contribution in [1.82, 2.24) is 9.55 Å². The van der Waals surface area contributed by atoms with E-state index in [1.54, 1.807) is 19.1 Å². The van der Waals surface area contributed by atoms with Gasteiger partial charge < -0.3 is 5.32 Å². The average Bonchev–Trinajstić information content (AvgIpc) is 2.61. The fourth-order valence-electron chi connectivity index (χ4n) is 2.64. The van der Waals surface area contributed by atoms with Gasteiger partial charge in [-0.05, 0) is 31.5 Å². The molecule has 1 N–H and O–H groups in total. The van der Waals surface area contributed by atoms with Crippen LogP contribution in [0.1, 0.15) is 11.3 Å². The van der Waals surface area contributed by atoms with Crippen LogP contribution in [0.25, 0.3) is 11.4 Å². The van der Waals surface area contributed by atoms with Gasteiger partial charge in [0.25, 0.3) is 5.56 Å². The van der Waals surface area contributed by atoms with Crippen molar-refractivity contribution in [2.75, 3.05) is 5.32 Å². The predicted octanol–water partition coefficient (Wildman–Crippen LogP) is 3.82. The van der Waals surface area contributed by atoms with Crippen LogP contribution in [0.2, 0.25) is 5.02 Å². The van der Waals surface area contributed by atoms with Crippen molar-refractivity contribution in [3.05, 3.63) is 81.2 Å². The van der Waals surface area contributed by atoms with E-state index in [9.17, 15) is 9.59 Å². The molecule has 0 atom stereocenters. The molecule has 0 unspecified atom stereocenters. The lowest BCUT2D eigenvalue weighted by Gasteiger charge is -2.14. The standard InChI is InChI=1S/C20H18ClN3O2/c1-13-8-9-16(21)11-17(13)23-18(25)12-24-19(26)10-14(2)22-20(24)15-6-4-3-5-7-15/h3-11H,12H2,1-2H3,(H,23,25). The number of nitrogens with one attached hydrogen (secondary N) is 1. The molecule has 0 aliphatic heterocycles. The topological polar surface area (TPSA) is 64.0 Å². The Hall–Kier alpha value is -2.92. The quantitative estimate of drug-likeness (QED) is 0.762. The number of benzene rings is 2. The van der Waals surface area contributed by atoms with Crippen LogP contribution in [0.5, 0.6) is 0 Å². The van der Waals surface area contributed by atoms with Crippen molar-refractivity contribution in [2.45, 2.75) is 20.4 Å². The Kier molecular flexibility index (Phi) is 5.19. The van der Waals surface area contributed by atoms with E-state index in [2.05, 4.69) is 10.3 Å². The Morgan fingerprint density at radius 2 is 1.85 bits per heavy atom. The van der Waals surface area contributed by atoms with E-state index in [1.165, 1.54) is 10.6 Å². The summed E-state index contributed by atoms with van der Waals surface area (Å²) in [7, 11) is 0. The number of carbonyl (C=O) groups is 1. The lowest BCUT2D eigenvalue weighted by Crippen LogP contribution is -2.29. The van der Waals surface area contributed by atoms with E-state index in [4.69, 9.17) is 11.6 Å². The van der Waals surface area contributed by atoms with Crippen molar-refractivity contribution in [1.29, 1.82) is 0 Å². The van der Waals surface area contributed by atoms with Crippen molar-refractivity contribution in [3.8, 4) is 11.4 Å². The Labute approximate surface area is 156 Å². The molecule has 3 aromatic rings. The monoisotopic (exact) mass is 367 g/mol. The Bertz CT molecular complexity index is 1010. The number of hydrogen-bond acceptors (Lipinski definition) is 3. The Morgan fingerprint density at radius 3 is 2.58 bits per heavy atom. The highest BCUT2D eigenvalue weighted by molar-refractivity contribution is 6.31. The summed E-state index contributed by atoms with van der Waals surface area (Å²) in [5.41, 5.74) is 2.63. The van der Waals surface area contributed by atoms with Crippen LogP contribution in [0, 0.1) is 13.8 Å². The zero-order valence-corrected chi connectivity index (χ0v) is 15.2. The number of amides is 1. The summed E-state index contributed by atoms with van der Waals surface area (Å²) in [6.45, 7) is 3.50. The molecule has 132 valence electrons. The Morgan fingerprint density at radius 1 is 1.12 bits per heavy atom. The molecule has 2 aromatic carbocycles. The number of rotatable bonds is 4. The smallest absolute Gasteiger partial charge is 0.254 e. The maximum atomic E-state index is 12.5. The second kappa shape index (κ2) is 7.54. The molecule has 0 aliphatic carbocycles. The Balaban J connectivity index is 1.93. The molecular formula is C20H18ClN3O2. The van der Waals surface area contributed by atoms with Gasteiger partial charge in [0.05, 0.1) is 0 Å². The minimum atomic E-state index is -0.319. The molecule has 1 aromatic heterocycles. The first-order chi connectivity index (χ1) is 12.4. The molecule has 6 heteroatoms. The van der Waals surface area contributed by atoms with Crippen LogP contribution in [0.4, 0.5) is 5.69 Å². The number of halogens is 1. The van der Waals surface area contributed by atoms with E-state index < -0.39 is 0 Å². The van der Waals surface area contributed by atoms with Gasteiger partial charge in [-0.15, -0.1) is 0 Å². The minimum absolute atomic E-state index is 0.137. The normalized spacial score (nSPS) is 10.6. The van der Waals surface area contributed by atoms with Gasteiger partial charge in [0, 0.05) is 28.0 Å². The lowest BCUT2D eigenvalue weighted by molar-refractivity contribution is -0.116. The fourth-order valence-corrected chi connectivity index (χ4v) is 2.82. The van der Waals surface area contributed by atoms with Gasteiger partial charge in [0.2, 0.25) is 5.91 Å². The van der Waals surface area contributed by atoms with Gasteiger partial charge in [0.15, 0.2) is 0 Å². The summed E-state index contributed by atoms with van der Waals surface area (Å²) >= 11 is 5.99. The molecule has 26 heavy (non-hydrogen) atoms. The molecule has 0 bridgehead atoms. The summed E-state index contributed by atoms with van der Waals surface area (Å²) in [6.07, 6.45) is 0. The van der Waals surface area contributed by atoms with Gasteiger partial charge in [-0.25, -0.2) is 4.98 Å². The van der Waals surface area contributed by atoms with Crippen LogP contribution in [-0.4, -0.2) is 15.5 Å². The summed E-state index contributed by atoms with van der Waals surface area (Å²) in [5.74, 6) is 0.147. The first-order valence-corrected chi connectivity index (χ1v) is 8.52. The third-order valence-corrected chi connectivity index (χ3v) is 4.18. The van der Waals surface area contributed by atoms with Crippen molar-refractivity contribution < 1.29 is 4.79 Å². The molecule has 5 nitrogen and oxygen atoms in total. The van der Waals surface area contributed by atoms with E-state index >= 15 is 0 Å². The van der Waals surface area contributed by atoms with Gasteiger partial charge in [-0.1, -0.05) is 48.0 Å². The van der Waals surface area contributed by atoms with Crippen LogP contribution < -0.4 is 10.9 Å². The largest absolute Gasteiger partial charge is 0.324 e. The number of aromatic nitrogens is 2. The van der Waals surface area contributed by atoms with Crippen molar-refractivity contribution in [2.24, 2.45) is 0 Å². The van der Waals surface area contributed by atoms with Gasteiger partial charge >= 0.3 is 0 Å². The summed E-state index contributed by atoms with van der Waals surface area (Å²) in [5, 5.41) is 3.34. The van der Waals surface area contributed by atoms with Crippen LogP contribution in [0.3, 0.4) is 0 Å². The number of nitrogens with zero attached hydrogens (tertiary/aromatic N) is 2. The van der Waals surface area contributed by atoms with E-state index in [0.717, 1.165) is 11.1 Å². The van der Waals surface area contributed by atoms with E-state index in [1.807, 2.05) is 43.3 Å². The summed E-state index contributed by atoms with van der Waals surface area (Å²) in [4.78, 5) is 29.4. The third-order valence-electron chi connectivity index (χ3n) is 3.94. The second-order valence-electron chi connectivity index (χ2n) is 6.02. The molecule has 0 saturated carbocycles. The van der Waals surface area contributed by atoms with E-state index in [-0.39, 0.29) is 18.0 Å². The van der Waals surface area contributed by atoms with E-state index in [0.29, 0.717) is 22.2 Å². The highest BCUT2D eigenvalue weighted by Gasteiger charge is 2.14. The molecule has 3 rings (SSSR count). The second-order valence-corrected chi connectivity index (χ2v) is 6.46. The van der Waals surface area contributed by atoms with Crippen LogP contribution >= 0.6 is 11.6 Å². The zero-order chi connectivity index (χ0) is 18.7. The van der Waals surface area contributed by atoms with Gasteiger partial charge in [-0.2, -0.15) is 0 Å². The molecular weight excluding hydrogens is 350 g/mol. The van der Waals surface area contributed by atoms with Crippen molar-refractivity contribution >= 4 is 23.2 Å². The molecule has 0 spiro atoms. The number of anilines is 1. The summed E-state index contributed by atoms with van der Waals surface area (Å²) in [6, 6.07) is 16.0. The number of aryl methyl sites for hydroxylation is 2. The molecule has 0 fully saturated rings. The maximum Gasteiger partial charge on any atom is 0.254 e. The summed E-state index contributed by atoms with van der Waals surface area (Å²) < 4.78 is 1.37. The van der Waals surface area contributed by atoms with Crippen molar-refractivity contribution in [3.63, 3.8) is 0 Å². The van der Waals surface area contributed by atoms with Gasteiger partial charge in [0.1, 0.15) is 12.4 Å². The van der Waals surface area contributed by atoms with Crippen LogP contribution in [0.15, 0.2) is 59.4 Å². The third kappa shape index (κ3) is 4.00. The first kappa shape index (κ1) is 17.9. The highest BCUT2D eigenvalue weighted by atomic mass is 35.5. The first-order valence-electron chi connectivity index (χ1n) is 8.14. The maximum absolute atomic E-state index is 12.5. The molecule has 1 amide bonds. The zero-order valence-electron chi connectivity index (χ0n) is 14.5. The van der Waals surface area contributed by atoms with Gasteiger partial charge in [-0.3, -0.25) is 14.2 Å². The average molecular weight is 368 g/mol. The minimum Gasteiger partial charge on any atom is -0.324 e. The number of hydrogen-bond donors (Lipinski definition) is 1. The molecule has 1 heterocycles. The highest BCUT2D eigenvalue weighted by Crippen LogP contribution is 2.20. The predicted molar refractivity (Wildman–Crippen MR) is 103 cm³/mol. The number of carbonyl (C=O) groups excluding carboxylic acids is 1. The molecule has 0 radical (unpaired) electrons. The lowest BCUT2D eigenvalue weighted by atomic mass is 10.2. The fraction of sp³-hybridized carbons (Fsp3) is 0.150. The van der Waals surface area contributed by atoms with Crippen LogP contribution in [-0.2, 0) is 11.3 Å². The SMILES string of the molecule is Cc1cc(=O)n(CC(=O)Nc2cc(Cl)ccc2C)c(-c2ccccc2)n1. The molecule has 0 saturated heterocycles. The molecule has 0 aliphatic rings.